The minimum absolute atomic E-state index is 0.0784. The largest absolute Gasteiger partial charge is 0.432 e. The zero-order valence-electron chi connectivity index (χ0n) is 29.9. The molecule has 10 nitrogen and oxygen atoms in total. The van der Waals surface area contributed by atoms with Crippen molar-refractivity contribution in [2.45, 2.75) is 96.9 Å². The van der Waals surface area contributed by atoms with Crippen molar-refractivity contribution in [2.75, 3.05) is 29.9 Å². The van der Waals surface area contributed by atoms with Gasteiger partial charge in [0, 0.05) is 42.3 Å². The molecule has 2 aliphatic rings. The van der Waals surface area contributed by atoms with Gasteiger partial charge in [-0.3, -0.25) is 14.4 Å². The molecule has 0 aliphatic carbocycles. The van der Waals surface area contributed by atoms with Crippen LogP contribution >= 0.6 is 0 Å². The van der Waals surface area contributed by atoms with E-state index >= 15 is 0 Å². The minimum Gasteiger partial charge on any atom is -0.432 e. The van der Waals surface area contributed by atoms with Gasteiger partial charge in [-0.2, -0.15) is 0 Å². The third-order valence-electron chi connectivity index (χ3n) is 9.66. The summed E-state index contributed by atoms with van der Waals surface area (Å²) in [7, 11) is -3.06. The summed E-state index contributed by atoms with van der Waals surface area (Å²) in [6.07, 6.45) is 3.89. The molecule has 2 aromatic rings. The number of aliphatic hydroxyl groups excluding tert-OH is 2. The number of benzene rings is 2. The third-order valence-corrected chi connectivity index (χ3v) is 12.2. The lowest BCUT2D eigenvalue weighted by molar-refractivity contribution is -0.149. The number of hydrogen-bond donors (Lipinski definition) is 4. The maximum absolute atomic E-state index is 14.8. The highest BCUT2D eigenvalue weighted by Crippen LogP contribution is 2.60. The smallest absolute Gasteiger partial charge is 0.264 e. The average molecular weight is 692 g/mol. The van der Waals surface area contributed by atoms with Crippen LogP contribution in [0.15, 0.2) is 71.8 Å². The summed E-state index contributed by atoms with van der Waals surface area (Å²) in [4.78, 5) is 56.1. The van der Waals surface area contributed by atoms with Crippen molar-refractivity contribution in [3.63, 3.8) is 0 Å². The van der Waals surface area contributed by atoms with E-state index in [-0.39, 0.29) is 31.4 Å². The van der Waals surface area contributed by atoms with Gasteiger partial charge in [-0.1, -0.05) is 60.6 Å². The predicted molar refractivity (Wildman–Crippen MR) is 194 cm³/mol. The molecule has 2 heterocycles. The standard InChI is InChI=1S/C38H53N3O7Si/c1-25(2)12-11-13-26(3)18-19-41-32-17-16-30(39-36(45)28(5)43)22-31(32)38(37(41)46)27(4)35(49(6,7)47)33(48-38)23-34(44)40(20-21-42)24-29-14-9-8-10-15-29/h8-10,12,14-18,22,27-28,33,35,42-43,47H,11,13,19-21,23-24H2,1-7H3,(H,39,45)/b26-18+/t27-,28-,33+,35-,38+/m0/s1. The maximum atomic E-state index is 14.8. The van der Waals surface area contributed by atoms with Crippen LogP contribution in [0.5, 0.6) is 0 Å². The van der Waals surface area contributed by atoms with Gasteiger partial charge in [0.05, 0.1) is 24.8 Å². The van der Waals surface area contributed by atoms with Gasteiger partial charge in [-0.15, -0.1) is 0 Å². The van der Waals surface area contributed by atoms with Gasteiger partial charge < -0.3 is 34.9 Å². The summed E-state index contributed by atoms with van der Waals surface area (Å²) in [6, 6.07) is 14.7. The van der Waals surface area contributed by atoms with Gasteiger partial charge in [-0.05, 0) is 77.4 Å². The van der Waals surface area contributed by atoms with E-state index in [1.54, 1.807) is 41.1 Å². The lowest BCUT2D eigenvalue weighted by Gasteiger charge is -2.32. The Bertz CT molecular complexity index is 1560. The molecule has 266 valence electrons. The molecule has 4 N–H and O–H groups in total. The van der Waals surface area contributed by atoms with Crippen molar-refractivity contribution < 1.29 is 34.1 Å². The number of ether oxygens (including phenoxy) is 1. The summed E-state index contributed by atoms with van der Waals surface area (Å²) in [5, 5.41) is 22.4. The zero-order valence-corrected chi connectivity index (χ0v) is 30.9. The third kappa shape index (κ3) is 8.58. The van der Waals surface area contributed by atoms with E-state index in [0.717, 1.165) is 24.0 Å². The summed E-state index contributed by atoms with van der Waals surface area (Å²) in [5.74, 6) is -1.62. The molecule has 1 saturated heterocycles. The quantitative estimate of drug-likeness (QED) is 0.157. The molecule has 3 amide bonds. The Kier molecular flexibility index (Phi) is 12.4. The number of hydrogen-bond acceptors (Lipinski definition) is 7. The maximum Gasteiger partial charge on any atom is 0.264 e. The number of aliphatic hydroxyl groups is 2. The van der Waals surface area contributed by atoms with Gasteiger partial charge in [0.15, 0.2) is 13.9 Å². The second-order valence-corrected chi connectivity index (χ2v) is 18.2. The van der Waals surface area contributed by atoms with E-state index in [1.807, 2.05) is 50.3 Å². The van der Waals surface area contributed by atoms with Crippen molar-refractivity contribution >= 4 is 37.4 Å². The van der Waals surface area contributed by atoms with Crippen molar-refractivity contribution in [3.05, 3.63) is 83.0 Å². The van der Waals surface area contributed by atoms with Crippen LogP contribution in [0.3, 0.4) is 0 Å². The molecule has 0 bridgehead atoms. The number of nitrogens with zero attached hydrogens (tertiary/aromatic N) is 2. The molecule has 1 spiro atoms. The van der Waals surface area contributed by atoms with Crippen molar-refractivity contribution in [1.29, 1.82) is 0 Å². The van der Waals surface area contributed by atoms with E-state index in [1.165, 1.54) is 12.5 Å². The Morgan fingerprint density at radius 3 is 2.43 bits per heavy atom. The predicted octanol–water partition coefficient (Wildman–Crippen LogP) is 5.25. The topological polar surface area (TPSA) is 140 Å². The number of carbonyl (C=O) groups is 3. The van der Waals surface area contributed by atoms with Crippen molar-refractivity contribution in [2.24, 2.45) is 5.92 Å². The average Bonchev–Trinajstić information content (AvgIpc) is 3.45. The fraction of sp³-hybridized carbons (Fsp3) is 0.500. The molecule has 4 rings (SSSR count). The summed E-state index contributed by atoms with van der Waals surface area (Å²) < 4.78 is 6.87. The second-order valence-electron chi connectivity index (χ2n) is 14.3. The zero-order chi connectivity index (χ0) is 36.1. The van der Waals surface area contributed by atoms with Crippen LogP contribution in [0, 0.1) is 5.92 Å². The number of allylic oxidation sites excluding steroid dienone is 3. The highest BCUT2D eigenvalue weighted by atomic mass is 28.4. The first-order valence-electron chi connectivity index (χ1n) is 17.2. The fourth-order valence-electron chi connectivity index (χ4n) is 7.24. The van der Waals surface area contributed by atoms with Gasteiger partial charge in [0.1, 0.15) is 6.10 Å². The molecule has 2 aliphatic heterocycles. The van der Waals surface area contributed by atoms with Gasteiger partial charge >= 0.3 is 0 Å². The summed E-state index contributed by atoms with van der Waals surface area (Å²) in [5.41, 5.74) is 2.89. The first-order chi connectivity index (χ1) is 23.1. The Morgan fingerprint density at radius 2 is 1.82 bits per heavy atom. The lowest BCUT2D eigenvalue weighted by atomic mass is 9.82. The summed E-state index contributed by atoms with van der Waals surface area (Å²) >= 11 is 0. The van der Waals surface area contributed by atoms with Crippen LogP contribution in [0.4, 0.5) is 11.4 Å². The Balaban J connectivity index is 1.74. The van der Waals surface area contributed by atoms with Crippen molar-refractivity contribution in [1.82, 2.24) is 4.90 Å². The van der Waals surface area contributed by atoms with E-state index in [9.17, 15) is 29.4 Å². The Labute approximate surface area is 291 Å². The molecule has 49 heavy (non-hydrogen) atoms. The van der Waals surface area contributed by atoms with Gasteiger partial charge in [0.2, 0.25) is 5.91 Å². The monoisotopic (exact) mass is 691 g/mol. The Hall–Kier alpha value is -3.61. The fourth-order valence-corrected chi connectivity index (χ4v) is 9.79. The highest BCUT2D eigenvalue weighted by Gasteiger charge is 2.66. The second kappa shape index (κ2) is 15.9. The minimum atomic E-state index is -3.06. The van der Waals surface area contributed by atoms with Crippen LogP contribution in [-0.2, 0) is 31.3 Å². The van der Waals surface area contributed by atoms with Gasteiger partial charge in [0.25, 0.3) is 11.8 Å². The number of anilines is 2. The SMILES string of the molecule is CC(C)=CCC/C(C)=C/CN1C(=O)[C@]2(O[C@H](CC(=O)N(CCO)Cc3ccccc3)[C@@H]([Si](C)(C)O)[C@@H]2C)c2cc(NC(=O)[C@H](C)O)ccc21. The molecule has 0 radical (unpaired) electrons. The molecule has 0 aromatic heterocycles. The molecular formula is C38H53N3O7Si. The van der Waals surface area contributed by atoms with Crippen LogP contribution < -0.4 is 10.2 Å². The highest BCUT2D eigenvalue weighted by molar-refractivity contribution is 6.71. The number of nitrogens with one attached hydrogen (secondary N) is 1. The molecule has 11 heteroatoms. The Morgan fingerprint density at radius 1 is 1.12 bits per heavy atom. The number of amides is 3. The number of rotatable bonds is 14. The van der Waals surface area contributed by atoms with Crippen LogP contribution in [0.2, 0.25) is 18.6 Å². The van der Waals surface area contributed by atoms with Crippen LogP contribution in [0.25, 0.3) is 0 Å². The van der Waals surface area contributed by atoms with Gasteiger partial charge in [-0.25, -0.2) is 0 Å². The van der Waals surface area contributed by atoms with E-state index in [2.05, 4.69) is 25.2 Å². The lowest BCUT2D eigenvalue weighted by Crippen LogP contribution is -2.46. The first-order valence-corrected chi connectivity index (χ1v) is 20.2. The van der Waals surface area contributed by atoms with E-state index < -0.39 is 43.5 Å². The first kappa shape index (κ1) is 38.2. The van der Waals surface area contributed by atoms with E-state index in [0.29, 0.717) is 30.0 Å². The van der Waals surface area contributed by atoms with E-state index in [4.69, 9.17) is 4.74 Å². The molecule has 2 aromatic carbocycles. The molecule has 1 fully saturated rings. The number of fused-ring (bicyclic) bond motifs is 2. The number of carbonyl (C=O) groups excluding carboxylic acids is 3. The molecule has 5 atom stereocenters. The molecule has 0 saturated carbocycles. The van der Waals surface area contributed by atoms with Crippen LogP contribution in [0.1, 0.15) is 65.0 Å². The van der Waals surface area contributed by atoms with Crippen molar-refractivity contribution in [3.8, 4) is 0 Å². The van der Waals surface area contributed by atoms with Crippen LogP contribution in [-0.4, -0.2) is 77.9 Å². The molecule has 0 unspecified atom stereocenters. The molecular weight excluding hydrogens is 639 g/mol. The summed E-state index contributed by atoms with van der Waals surface area (Å²) in [6.45, 7) is 13.6. The normalized spacial score (nSPS) is 22.7.